The summed E-state index contributed by atoms with van der Waals surface area (Å²) in [4.78, 5) is 7.64. The van der Waals surface area contributed by atoms with E-state index in [1.807, 2.05) is 0 Å². The molecule has 2 aromatic rings. The van der Waals surface area contributed by atoms with Crippen molar-refractivity contribution in [2.24, 2.45) is 0 Å². The van der Waals surface area contributed by atoms with Gasteiger partial charge in [0, 0.05) is 6.04 Å². The molecular weight excluding hydrogens is 271 g/mol. The Kier molecular flexibility index (Phi) is 3.11. The Morgan fingerprint density at radius 3 is 2.60 bits per heavy atom. The zero-order valence-corrected chi connectivity index (χ0v) is 10.4. The number of halogens is 3. The summed E-state index contributed by atoms with van der Waals surface area (Å²) in [6.07, 6.45) is -0.197. The third-order valence-electron chi connectivity index (χ3n) is 3.23. The summed E-state index contributed by atoms with van der Waals surface area (Å²) < 4.78 is 43.7. The fourth-order valence-corrected chi connectivity index (χ4v) is 1.94. The predicted octanol–water partition coefficient (Wildman–Crippen LogP) is 3.72. The van der Waals surface area contributed by atoms with Crippen molar-refractivity contribution in [1.29, 1.82) is 0 Å². The highest BCUT2D eigenvalue weighted by Crippen LogP contribution is 2.32. The molecule has 4 nitrogen and oxygen atoms in total. The Labute approximate surface area is 113 Å². The number of alkyl halides is 3. The van der Waals surface area contributed by atoms with E-state index in [2.05, 4.69) is 15.3 Å². The molecule has 0 spiro atoms. The first-order chi connectivity index (χ1) is 9.52. The van der Waals surface area contributed by atoms with Gasteiger partial charge in [-0.15, -0.1) is 0 Å². The zero-order chi connectivity index (χ0) is 14.2. The van der Waals surface area contributed by atoms with Gasteiger partial charge in [0.05, 0.1) is 6.26 Å². The molecule has 3 rings (SSSR count). The maximum atomic E-state index is 12.9. The summed E-state index contributed by atoms with van der Waals surface area (Å²) >= 11 is 0. The molecule has 0 saturated heterocycles. The van der Waals surface area contributed by atoms with E-state index in [0.29, 0.717) is 0 Å². The highest BCUT2D eigenvalue weighted by Gasteiger charge is 2.34. The van der Waals surface area contributed by atoms with Crippen LogP contribution in [0.2, 0.25) is 0 Å². The van der Waals surface area contributed by atoms with E-state index in [4.69, 9.17) is 4.42 Å². The fraction of sp³-hybridized carbons (Fsp3) is 0.385. The van der Waals surface area contributed by atoms with Crippen LogP contribution in [0.25, 0.3) is 11.5 Å². The number of furan rings is 1. The second kappa shape index (κ2) is 4.81. The third-order valence-corrected chi connectivity index (χ3v) is 3.23. The smallest absolute Gasteiger partial charge is 0.433 e. The average molecular weight is 283 g/mol. The van der Waals surface area contributed by atoms with Gasteiger partial charge in [-0.3, -0.25) is 0 Å². The van der Waals surface area contributed by atoms with E-state index in [1.165, 1.54) is 6.26 Å². The lowest BCUT2D eigenvalue weighted by Gasteiger charge is -2.26. The van der Waals surface area contributed by atoms with E-state index in [1.54, 1.807) is 12.1 Å². The first-order valence-electron chi connectivity index (χ1n) is 6.29. The maximum Gasteiger partial charge on any atom is 0.433 e. The van der Waals surface area contributed by atoms with Crippen LogP contribution in [0.15, 0.2) is 28.9 Å². The van der Waals surface area contributed by atoms with Crippen molar-refractivity contribution < 1.29 is 17.6 Å². The minimum Gasteiger partial charge on any atom is -0.463 e. The number of hydrogen-bond donors (Lipinski definition) is 1. The SMILES string of the molecule is FC(F)(F)c1cc(-c2ccco2)nc(NC2CCC2)n1. The molecule has 0 unspecified atom stereocenters. The van der Waals surface area contributed by atoms with Gasteiger partial charge in [-0.25, -0.2) is 9.97 Å². The van der Waals surface area contributed by atoms with Crippen LogP contribution in [0.3, 0.4) is 0 Å². The summed E-state index contributed by atoms with van der Waals surface area (Å²) in [6.45, 7) is 0. The van der Waals surface area contributed by atoms with Gasteiger partial charge in [0.15, 0.2) is 11.5 Å². The third kappa shape index (κ3) is 2.61. The second-order valence-electron chi connectivity index (χ2n) is 4.71. The van der Waals surface area contributed by atoms with Crippen LogP contribution in [0.5, 0.6) is 0 Å². The molecule has 0 bridgehead atoms. The summed E-state index contributed by atoms with van der Waals surface area (Å²) in [5, 5.41) is 2.93. The molecule has 0 atom stereocenters. The molecule has 7 heteroatoms. The van der Waals surface area contributed by atoms with Crippen LogP contribution in [-0.2, 0) is 6.18 Å². The normalized spacial score (nSPS) is 15.9. The molecule has 106 valence electrons. The van der Waals surface area contributed by atoms with E-state index in [0.717, 1.165) is 25.3 Å². The lowest BCUT2D eigenvalue weighted by atomic mass is 9.93. The highest BCUT2D eigenvalue weighted by atomic mass is 19.4. The van der Waals surface area contributed by atoms with E-state index in [-0.39, 0.29) is 23.4 Å². The maximum absolute atomic E-state index is 12.9. The summed E-state index contributed by atoms with van der Waals surface area (Å²) in [5.41, 5.74) is -0.847. The van der Waals surface area contributed by atoms with Crippen LogP contribution >= 0.6 is 0 Å². The Hall–Kier alpha value is -2.05. The molecule has 0 amide bonds. The molecule has 1 aliphatic carbocycles. The van der Waals surface area contributed by atoms with Crippen LogP contribution in [0, 0.1) is 0 Å². The fourth-order valence-electron chi connectivity index (χ4n) is 1.94. The van der Waals surface area contributed by atoms with Gasteiger partial charge in [0.2, 0.25) is 5.95 Å². The molecule has 1 saturated carbocycles. The standard InChI is InChI=1S/C13H12F3N3O/c14-13(15,16)11-7-9(10-5-2-6-20-10)18-12(19-11)17-8-3-1-4-8/h2,5-8H,1,3-4H2,(H,17,18,19). The van der Waals surface area contributed by atoms with E-state index < -0.39 is 11.9 Å². The van der Waals surface area contributed by atoms with Crippen molar-refractivity contribution >= 4 is 5.95 Å². The average Bonchev–Trinajstić information content (AvgIpc) is 2.86. The van der Waals surface area contributed by atoms with E-state index in [9.17, 15) is 13.2 Å². The van der Waals surface area contributed by atoms with Crippen molar-refractivity contribution in [3.63, 3.8) is 0 Å². The van der Waals surface area contributed by atoms with Gasteiger partial charge >= 0.3 is 6.18 Å². The number of nitrogens with one attached hydrogen (secondary N) is 1. The first-order valence-corrected chi connectivity index (χ1v) is 6.29. The molecule has 2 heterocycles. The first kappa shape index (κ1) is 13.0. The number of anilines is 1. The Morgan fingerprint density at radius 1 is 1.25 bits per heavy atom. The van der Waals surface area contributed by atoms with Crippen molar-refractivity contribution in [3.05, 3.63) is 30.2 Å². The monoisotopic (exact) mass is 283 g/mol. The molecule has 0 aliphatic heterocycles. The van der Waals surface area contributed by atoms with Crippen molar-refractivity contribution in [2.45, 2.75) is 31.5 Å². The number of nitrogens with zero attached hydrogens (tertiary/aromatic N) is 2. The summed E-state index contributed by atoms with van der Waals surface area (Å²) in [6, 6.07) is 4.22. The van der Waals surface area contributed by atoms with Crippen LogP contribution in [0.4, 0.5) is 19.1 Å². The molecule has 1 aliphatic rings. The Balaban J connectivity index is 1.98. The summed E-state index contributed by atoms with van der Waals surface area (Å²) in [5.74, 6) is 0.283. The van der Waals surface area contributed by atoms with Gasteiger partial charge in [0.25, 0.3) is 0 Å². The zero-order valence-electron chi connectivity index (χ0n) is 10.4. The van der Waals surface area contributed by atoms with Crippen LogP contribution in [0.1, 0.15) is 25.0 Å². The van der Waals surface area contributed by atoms with Gasteiger partial charge in [-0.2, -0.15) is 13.2 Å². The van der Waals surface area contributed by atoms with Gasteiger partial charge in [-0.1, -0.05) is 0 Å². The molecule has 1 fully saturated rings. The molecular formula is C13H12F3N3O. The van der Waals surface area contributed by atoms with Gasteiger partial charge < -0.3 is 9.73 Å². The highest BCUT2D eigenvalue weighted by molar-refractivity contribution is 5.55. The molecule has 0 aromatic carbocycles. The van der Waals surface area contributed by atoms with E-state index >= 15 is 0 Å². The lowest BCUT2D eigenvalue weighted by Crippen LogP contribution is -2.28. The minimum atomic E-state index is -4.51. The predicted molar refractivity (Wildman–Crippen MR) is 66.0 cm³/mol. The minimum absolute atomic E-state index is 0.00377. The van der Waals surface area contributed by atoms with Crippen LogP contribution < -0.4 is 5.32 Å². The number of rotatable bonds is 3. The second-order valence-corrected chi connectivity index (χ2v) is 4.71. The quantitative estimate of drug-likeness (QED) is 0.932. The van der Waals surface area contributed by atoms with Gasteiger partial charge in [-0.05, 0) is 37.5 Å². The molecule has 0 radical (unpaired) electrons. The number of hydrogen-bond acceptors (Lipinski definition) is 4. The summed E-state index contributed by atoms with van der Waals surface area (Å²) in [7, 11) is 0. The Bertz CT molecular complexity index is 591. The molecule has 2 aromatic heterocycles. The lowest BCUT2D eigenvalue weighted by molar-refractivity contribution is -0.141. The Morgan fingerprint density at radius 2 is 2.05 bits per heavy atom. The largest absolute Gasteiger partial charge is 0.463 e. The topological polar surface area (TPSA) is 51.0 Å². The van der Waals surface area contributed by atoms with Crippen LogP contribution in [-0.4, -0.2) is 16.0 Å². The molecule has 20 heavy (non-hydrogen) atoms. The number of aromatic nitrogens is 2. The van der Waals surface area contributed by atoms with Gasteiger partial charge in [0.1, 0.15) is 5.69 Å². The van der Waals surface area contributed by atoms with Crippen molar-refractivity contribution in [3.8, 4) is 11.5 Å². The van der Waals surface area contributed by atoms with Crippen molar-refractivity contribution in [1.82, 2.24) is 9.97 Å². The molecule has 1 N–H and O–H groups in total. The van der Waals surface area contributed by atoms with Crippen molar-refractivity contribution in [2.75, 3.05) is 5.32 Å².